The summed E-state index contributed by atoms with van der Waals surface area (Å²) in [5, 5.41) is 11.3. The lowest BCUT2D eigenvalue weighted by Gasteiger charge is -2.04. The van der Waals surface area contributed by atoms with Gasteiger partial charge in [0.2, 0.25) is 5.16 Å². The number of H-pyrrole nitrogens is 1. The number of nitrogens with zero attached hydrogens (tertiary/aromatic N) is 4. The number of hydrogen-bond acceptors (Lipinski definition) is 8. The molecule has 0 fully saturated rings. The van der Waals surface area contributed by atoms with Gasteiger partial charge in [0.05, 0.1) is 10.7 Å². The molecule has 0 aliphatic carbocycles. The summed E-state index contributed by atoms with van der Waals surface area (Å²) >= 11 is 1.36. The number of hydrazine groups is 1. The number of rotatable bonds is 8. The zero-order valence-electron chi connectivity index (χ0n) is 15.9. The first kappa shape index (κ1) is 20.3. The zero-order chi connectivity index (χ0) is 20.6. The monoisotopic (exact) mass is 413 g/mol. The summed E-state index contributed by atoms with van der Waals surface area (Å²) in [5.74, 6) is 6.87. The van der Waals surface area contributed by atoms with Crippen LogP contribution in [-0.4, -0.2) is 45.9 Å². The van der Waals surface area contributed by atoms with Crippen molar-refractivity contribution in [3.8, 4) is 22.5 Å². The van der Waals surface area contributed by atoms with Crippen LogP contribution in [0.25, 0.3) is 22.5 Å². The molecule has 3 aromatic rings. The van der Waals surface area contributed by atoms with Gasteiger partial charge in [-0.3, -0.25) is 5.10 Å². The second-order valence-corrected chi connectivity index (χ2v) is 6.72. The first-order chi connectivity index (χ1) is 14.1. The predicted octanol–water partition coefficient (Wildman–Crippen LogP) is 2.20. The first-order valence-electron chi connectivity index (χ1n) is 8.61. The van der Waals surface area contributed by atoms with Crippen molar-refractivity contribution in [1.82, 2.24) is 26.0 Å². The van der Waals surface area contributed by atoms with Gasteiger partial charge < -0.3 is 11.3 Å². The van der Waals surface area contributed by atoms with E-state index < -0.39 is 0 Å². The molecular formula is C18H21N8O2S+. The third kappa shape index (κ3) is 5.09. The highest BCUT2D eigenvalue weighted by molar-refractivity contribution is 7.99. The number of aromatic nitrogens is 3. The average Bonchev–Trinajstić information content (AvgIpc) is 3.25. The molecule has 2 aromatic carbocycles. The highest BCUT2D eigenvalue weighted by atomic mass is 32.2. The van der Waals surface area contributed by atoms with Crippen molar-refractivity contribution in [2.45, 2.75) is 5.16 Å². The standard InChI is InChI=1S/C18H21N8O2S/c1-20-23-16(22-19)11-29-18-21-17(24-25-18)14-8-13(12-6-4-3-5-7-12)9-15(10-14)26(27)28-2/h3-10,20H,11,19H2,1-2H3,(H,22,23)(H,21,24,25)/q+1. The number of thioether (sulfide) groups is 1. The molecule has 0 aliphatic rings. The van der Waals surface area contributed by atoms with Gasteiger partial charge in [-0.15, -0.1) is 5.10 Å². The van der Waals surface area contributed by atoms with Crippen molar-refractivity contribution >= 4 is 23.3 Å². The fourth-order valence-electron chi connectivity index (χ4n) is 2.58. The van der Waals surface area contributed by atoms with Crippen LogP contribution < -0.4 is 16.7 Å². The fourth-order valence-corrected chi connectivity index (χ4v) is 3.26. The van der Waals surface area contributed by atoms with Crippen LogP contribution >= 0.6 is 11.8 Å². The number of benzene rings is 2. The lowest BCUT2D eigenvalue weighted by atomic mass is 10.0. The molecule has 11 heteroatoms. The SMILES string of the molecule is CNNC(CSc1n[nH]c(-c2cc(-c3ccccc3)cc([N+](=O)OC)c2)n1)=NN. The molecule has 0 amide bonds. The highest BCUT2D eigenvalue weighted by Gasteiger charge is 2.19. The Morgan fingerprint density at radius 2 is 2.00 bits per heavy atom. The molecule has 0 saturated heterocycles. The molecule has 0 aliphatic heterocycles. The summed E-state index contributed by atoms with van der Waals surface area (Å²) in [7, 11) is 3.04. The summed E-state index contributed by atoms with van der Waals surface area (Å²) in [5.41, 5.74) is 8.48. The number of nitrogens with two attached hydrogens (primary N) is 1. The quantitative estimate of drug-likeness (QED) is 0.145. The zero-order valence-corrected chi connectivity index (χ0v) is 16.7. The van der Waals surface area contributed by atoms with Crippen LogP contribution in [0.1, 0.15) is 0 Å². The Hall–Kier alpha value is -3.44. The Kier molecular flexibility index (Phi) is 6.76. The van der Waals surface area contributed by atoms with E-state index in [0.29, 0.717) is 38.7 Å². The van der Waals surface area contributed by atoms with Gasteiger partial charge in [0.1, 0.15) is 5.84 Å². The van der Waals surface area contributed by atoms with Gasteiger partial charge in [0.15, 0.2) is 12.9 Å². The Labute approximate surface area is 171 Å². The molecule has 5 N–H and O–H groups in total. The second-order valence-electron chi connectivity index (χ2n) is 5.78. The predicted molar refractivity (Wildman–Crippen MR) is 112 cm³/mol. The largest absolute Gasteiger partial charge is 0.322 e. The second kappa shape index (κ2) is 9.66. The summed E-state index contributed by atoms with van der Waals surface area (Å²) in [6.07, 6.45) is 0. The summed E-state index contributed by atoms with van der Waals surface area (Å²) in [6, 6.07) is 15.1. The van der Waals surface area contributed by atoms with Crippen molar-refractivity contribution in [1.29, 1.82) is 0 Å². The van der Waals surface area contributed by atoms with Crippen molar-refractivity contribution in [3.63, 3.8) is 0 Å². The van der Waals surface area contributed by atoms with Crippen molar-refractivity contribution < 1.29 is 9.76 Å². The average molecular weight is 413 g/mol. The number of hydrogen-bond donors (Lipinski definition) is 4. The fraction of sp³-hybridized carbons (Fsp3) is 0.167. The van der Waals surface area contributed by atoms with Gasteiger partial charge >= 0.3 is 5.69 Å². The van der Waals surface area contributed by atoms with E-state index in [-0.39, 0.29) is 0 Å². The number of amidine groups is 1. The van der Waals surface area contributed by atoms with E-state index in [0.717, 1.165) is 11.1 Å². The summed E-state index contributed by atoms with van der Waals surface area (Å²) in [6.45, 7) is 0. The van der Waals surface area contributed by atoms with E-state index in [1.807, 2.05) is 36.4 Å². The number of nitrogens with one attached hydrogen (secondary N) is 3. The van der Waals surface area contributed by atoms with E-state index >= 15 is 0 Å². The van der Waals surface area contributed by atoms with Crippen molar-refractivity contribution in [2.75, 3.05) is 19.9 Å². The van der Waals surface area contributed by atoms with Crippen LogP contribution in [0.4, 0.5) is 5.69 Å². The van der Waals surface area contributed by atoms with E-state index in [4.69, 9.17) is 10.7 Å². The smallest absolute Gasteiger partial charge is 0.318 e. The molecule has 150 valence electrons. The third-order valence-corrected chi connectivity index (χ3v) is 4.76. The number of hydrazone groups is 1. The third-order valence-electron chi connectivity index (χ3n) is 3.90. The van der Waals surface area contributed by atoms with Crippen LogP contribution in [0, 0.1) is 4.91 Å². The summed E-state index contributed by atoms with van der Waals surface area (Å²) < 4.78 is 0. The van der Waals surface area contributed by atoms with Crippen LogP contribution in [0.15, 0.2) is 58.8 Å². The van der Waals surface area contributed by atoms with Crippen molar-refractivity contribution in [2.24, 2.45) is 10.9 Å². The topological polar surface area (TPSA) is 133 Å². The molecule has 29 heavy (non-hydrogen) atoms. The minimum absolute atomic E-state index is 0.352. The van der Waals surface area contributed by atoms with Crippen LogP contribution in [0.2, 0.25) is 0 Å². The normalized spacial score (nSPS) is 11.3. The number of aromatic amines is 1. The van der Waals surface area contributed by atoms with Crippen molar-refractivity contribution in [3.05, 3.63) is 53.4 Å². The molecule has 0 unspecified atom stereocenters. The van der Waals surface area contributed by atoms with Gasteiger partial charge in [0, 0.05) is 24.7 Å². The summed E-state index contributed by atoms with van der Waals surface area (Å²) in [4.78, 5) is 21.8. The lowest BCUT2D eigenvalue weighted by Crippen LogP contribution is -2.36. The Morgan fingerprint density at radius 3 is 2.69 bits per heavy atom. The van der Waals surface area contributed by atoms with Crippen LogP contribution in [-0.2, 0) is 4.84 Å². The van der Waals surface area contributed by atoms with Gasteiger partial charge in [-0.25, -0.2) is 15.2 Å². The van der Waals surface area contributed by atoms with E-state index in [9.17, 15) is 4.91 Å². The maximum absolute atomic E-state index is 12.1. The molecule has 1 aromatic heterocycles. The molecule has 0 saturated carbocycles. The molecule has 0 atom stereocenters. The first-order valence-corrected chi connectivity index (χ1v) is 9.60. The van der Waals surface area contributed by atoms with E-state index in [1.54, 1.807) is 19.2 Å². The van der Waals surface area contributed by atoms with Gasteiger partial charge in [-0.05, 0) is 17.2 Å². The Morgan fingerprint density at radius 1 is 1.24 bits per heavy atom. The molecular weight excluding hydrogens is 392 g/mol. The van der Waals surface area contributed by atoms with E-state index in [2.05, 4.69) is 31.1 Å². The highest BCUT2D eigenvalue weighted by Crippen LogP contribution is 2.30. The maximum atomic E-state index is 12.1. The van der Waals surface area contributed by atoms with Gasteiger partial charge in [-0.1, -0.05) is 42.1 Å². The lowest BCUT2D eigenvalue weighted by molar-refractivity contribution is -0.736. The molecule has 1 heterocycles. The van der Waals surface area contributed by atoms with Crippen LogP contribution in [0.5, 0.6) is 0 Å². The Bertz CT molecular complexity index is 1010. The minimum Gasteiger partial charge on any atom is -0.322 e. The van der Waals surface area contributed by atoms with Gasteiger partial charge in [0.25, 0.3) is 4.92 Å². The van der Waals surface area contributed by atoms with Crippen LogP contribution in [0.3, 0.4) is 0 Å². The molecule has 0 spiro atoms. The molecule has 3 rings (SSSR count). The molecule has 10 nitrogen and oxygen atoms in total. The molecule has 0 bridgehead atoms. The Balaban J connectivity index is 1.90. The minimum atomic E-state index is 0.352. The van der Waals surface area contributed by atoms with E-state index in [1.165, 1.54) is 18.9 Å². The van der Waals surface area contributed by atoms with Gasteiger partial charge in [-0.2, -0.15) is 5.10 Å². The maximum Gasteiger partial charge on any atom is 0.318 e. The molecule has 0 radical (unpaired) electrons.